The van der Waals surface area contributed by atoms with Crippen molar-refractivity contribution >= 4 is 70.4 Å². The first kappa shape index (κ1) is 22.8. The Morgan fingerprint density at radius 2 is 1.00 bits per heavy atom. The largest absolute Gasteiger partial charge is 0.178 e. The molecule has 0 aliphatic heterocycles. The molecule has 0 aliphatic carbocycles. The molecule has 2 rings (SSSR count). The zero-order valence-corrected chi connectivity index (χ0v) is 19.8. The lowest BCUT2D eigenvalue weighted by Gasteiger charge is -2.16. The molecule has 0 bridgehead atoms. The predicted molar refractivity (Wildman–Crippen MR) is 136 cm³/mol. The molecule has 2 aromatic carbocycles. The molecular weight excluding hydrogens is 433 g/mol. The van der Waals surface area contributed by atoms with Gasteiger partial charge in [0.15, 0.2) is 0 Å². The molecular formula is C20H26S6. The molecule has 2 unspecified atom stereocenters. The van der Waals surface area contributed by atoms with E-state index >= 15 is 0 Å². The van der Waals surface area contributed by atoms with Crippen molar-refractivity contribution in [2.24, 2.45) is 0 Å². The van der Waals surface area contributed by atoms with E-state index in [9.17, 15) is 0 Å². The molecule has 2 atom stereocenters. The molecule has 0 nitrogen and oxygen atoms in total. The summed E-state index contributed by atoms with van der Waals surface area (Å²) in [6, 6.07) is 21.4. The number of thiol groups is 2. The second-order valence-corrected chi connectivity index (χ2v) is 11.6. The molecule has 6 heteroatoms. The monoisotopic (exact) mass is 458 g/mol. The summed E-state index contributed by atoms with van der Waals surface area (Å²) < 4.78 is 0. The lowest BCUT2D eigenvalue weighted by Crippen LogP contribution is -2.10. The van der Waals surface area contributed by atoms with Gasteiger partial charge in [0.2, 0.25) is 0 Å². The fourth-order valence-electron chi connectivity index (χ4n) is 2.13. The summed E-state index contributed by atoms with van der Waals surface area (Å²) in [5.41, 5.74) is 2.80. The molecule has 0 aliphatic rings. The molecule has 0 aromatic heterocycles. The van der Waals surface area contributed by atoms with Gasteiger partial charge < -0.3 is 0 Å². The van der Waals surface area contributed by atoms with Crippen LogP contribution in [0, 0.1) is 0 Å². The minimum atomic E-state index is 0.600. The first-order valence-corrected chi connectivity index (χ1v) is 14.4. The quantitative estimate of drug-likeness (QED) is 0.192. The van der Waals surface area contributed by atoms with Crippen molar-refractivity contribution in [1.29, 1.82) is 0 Å². The highest BCUT2D eigenvalue weighted by atomic mass is 33.1. The predicted octanol–water partition coefficient (Wildman–Crippen LogP) is 6.83. The van der Waals surface area contributed by atoms with E-state index in [1.54, 1.807) is 0 Å². The average molecular weight is 459 g/mol. The first-order valence-electron chi connectivity index (χ1n) is 8.59. The molecule has 0 saturated carbocycles. The molecule has 0 heterocycles. The third-order valence-electron chi connectivity index (χ3n) is 3.66. The van der Waals surface area contributed by atoms with Crippen molar-refractivity contribution in [3.63, 3.8) is 0 Å². The van der Waals surface area contributed by atoms with Crippen molar-refractivity contribution in [1.82, 2.24) is 0 Å². The van der Waals surface area contributed by atoms with Gasteiger partial charge in [0.05, 0.1) is 0 Å². The van der Waals surface area contributed by atoms with Crippen LogP contribution in [-0.4, -0.2) is 33.5 Å². The minimum Gasteiger partial charge on any atom is -0.178 e. The van der Waals surface area contributed by atoms with Gasteiger partial charge in [0.25, 0.3) is 0 Å². The van der Waals surface area contributed by atoms with Gasteiger partial charge in [-0.3, -0.25) is 0 Å². The molecule has 0 amide bonds. The first-order chi connectivity index (χ1) is 12.8. The van der Waals surface area contributed by atoms with Gasteiger partial charge in [0, 0.05) is 45.0 Å². The Bertz CT molecular complexity index is 524. The second kappa shape index (κ2) is 14.5. The number of benzene rings is 2. The lowest BCUT2D eigenvalue weighted by molar-refractivity contribution is 1.14. The van der Waals surface area contributed by atoms with E-state index in [0.29, 0.717) is 10.5 Å². The summed E-state index contributed by atoms with van der Waals surface area (Å²) in [6.45, 7) is 0. The van der Waals surface area contributed by atoms with Gasteiger partial charge in [-0.2, -0.15) is 48.8 Å². The lowest BCUT2D eigenvalue weighted by atomic mass is 10.2. The van der Waals surface area contributed by atoms with E-state index in [-0.39, 0.29) is 0 Å². The minimum absolute atomic E-state index is 0.600. The Labute approximate surface area is 186 Å². The van der Waals surface area contributed by atoms with Crippen molar-refractivity contribution in [3.05, 3.63) is 71.8 Å². The number of hydrogen-bond acceptors (Lipinski definition) is 6. The van der Waals surface area contributed by atoms with E-state index in [1.807, 2.05) is 45.1 Å². The molecule has 0 radical (unpaired) electrons. The Hall–Kier alpha value is 0.540. The van der Waals surface area contributed by atoms with Gasteiger partial charge >= 0.3 is 0 Å². The van der Waals surface area contributed by atoms with Crippen LogP contribution >= 0.6 is 70.4 Å². The van der Waals surface area contributed by atoms with E-state index in [0.717, 1.165) is 34.5 Å². The Balaban J connectivity index is 1.60. The maximum Gasteiger partial charge on any atom is 0.0237 e. The van der Waals surface area contributed by atoms with Crippen LogP contribution < -0.4 is 0 Å². The summed E-state index contributed by atoms with van der Waals surface area (Å²) in [4.78, 5) is 0. The zero-order valence-electron chi connectivity index (χ0n) is 14.7. The maximum atomic E-state index is 4.54. The van der Waals surface area contributed by atoms with Crippen LogP contribution in [0.5, 0.6) is 0 Å². The fraction of sp³-hybridized carbons (Fsp3) is 0.400. The molecule has 2 aromatic rings. The second-order valence-electron chi connectivity index (χ2n) is 5.77. The Morgan fingerprint density at radius 1 is 0.615 bits per heavy atom. The van der Waals surface area contributed by atoms with Crippen LogP contribution in [0.15, 0.2) is 60.7 Å². The third-order valence-corrected chi connectivity index (χ3v) is 10.6. The standard InChI is InChI=1S/C20H26S6/c21-11-19(23-13-17-7-3-1-4-8-17)15-25-26-16-20(12-22)24-14-18-9-5-2-6-10-18/h1-10,19-22H,11-16H2. The average Bonchev–Trinajstić information content (AvgIpc) is 2.71. The van der Waals surface area contributed by atoms with Crippen LogP contribution in [0.3, 0.4) is 0 Å². The van der Waals surface area contributed by atoms with Crippen molar-refractivity contribution in [2.75, 3.05) is 23.0 Å². The Kier molecular flexibility index (Phi) is 12.8. The van der Waals surface area contributed by atoms with E-state index in [1.165, 1.54) is 11.1 Å². The summed E-state index contributed by atoms with van der Waals surface area (Å²) in [7, 11) is 3.97. The molecule has 26 heavy (non-hydrogen) atoms. The molecule has 142 valence electrons. The number of thioether (sulfide) groups is 2. The SMILES string of the molecule is SCC(CSSCC(CS)SCc1ccccc1)SCc1ccccc1. The topological polar surface area (TPSA) is 0 Å². The smallest absolute Gasteiger partial charge is 0.0237 e. The maximum absolute atomic E-state index is 4.54. The molecule has 0 spiro atoms. The highest BCUT2D eigenvalue weighted by molar-refractivity contribution is 8.76. The van der Waals surface area contributed by atoms with Crippen molar-refractivity contribution in [2.45, 2.75) is 22.0 Å². The van der Waals surface area contributed by atoms with Gasteiger partial charge in [0.1, 0.15) is 0 Å². The highest BCUT2D eigenvalue weighted by Gasteiger charge is 2.11. The molecule has 0 saturated heterocycles. The normalized spacial score (nSPS) is 13.5. The van der Waals surface area contributed by atoms with E-state index < -0.39 is 0 Å². The van der Waals surface area contributed by atoms with Gasteiger partial charge in [-0.15, -0.1) is 0 Å². The fourth-order valence-corrected chi connectivity index (χ4v) is 8.81. The number of hydrogen-bond donors (Lipinski definition) is 2. The number of rotatable bonds is 13. The Morgan fingerprint density at radius 3 is 1.35 bits per heavy atom. The zero-order chi connectivity index (χ0) is 18.5. The van der Waals surface area contributed by atoms with Gasteiger partial charge in [-0.05, 0) is 11.1 Å². The summed E-state index contributed by atoms with van der Waals surface area (Å²) in [5, 5.41) is 1.20. The van der Waals surface area contributed by atoms with Crippen LogP contribution in [0.25, 0.3) is 0 Å². The summed E-state index contributed by atoms with van der Waals surface area (Å²) in [6.07, 6.45) is 0. The van der Waals surface area contributed by atoms with Gasteiger partial charge in [-0.25, -0.2) is 0 Å². The van der Waals surface area contributed by atoms with Crippen molar-refractivity contribution in [3.8, 4) is 0 Å². The highest BCUT2D eigenvalue weighted by Crippen LogP contribution is 2.32. The van der Waals surface area contributed by atoms with Crippen LogP contribution in [-0.2, 0) is 11.5 Å². The van der Waals surface area contributed by atoms with E-state index in [2.05, 4.69) is 85.9 Å². The molecule has 0 fully saturated rings. The van der Waals surface area contributed by atoms with Gasteiger partial charge in [-0.1, -0.05) is 82.3 Å². The van der Waals surface area contributed by atoms with Crippen LogP contribution in [0.2, 0.25) is 0 Å². The summed E-state index contributed by atoms with van der Waals surface area (Å²) >= 11 is 13.1. The van der Waals surface area contributed by atoms with Crippen molar-refractivity contribution < 1.29 is 0 Å². The van der Waals surface area contributed by atoms with Crippen LogP contribution in [0.4, 0.5) is 0 Å². The van der Waals surface area contributed by atoms with E-state index in [4.69, 9.17) is 0 Å². The molecule has 0 N–H and O–H groups in total. The summed E-state index contributed by atoms with van der Waals surface area (Å²) in [5.74, 6) is 6.31. The van der Waals surface area contributed by atoms with Crippen LogP contribution in [0.1, 0.15) is 11.1 Å². The third kappa shape index (κ3) is 9.65.